The van der Waals surface area contributed by atoms with Crippen LogP contribution < -0.4 is 0 Å². The van der Waals surface area contributed by atoms with Gasteiger partial charge in [0.15, 0.2) is 11.0 Å². The lowest BCUT2D eigenvalue weighted by atomic mass is 10.2. The van der Waals surface area contributed by atoms with E-state index in [1.807, 2.05) is 40.6 Å². The van der Waals surface area contributed by atoms with Gasteiger partial charge in [0.05, 0.1) is 11.4 Å². The molecule has 0 unspecified atom stereocenters. The van der Waals surface area contributed by atoms with Gasteiger partial charge < -0.3 is 4.90 Å². The van der Waals surface area contributed by atoms with Gasteiger partial charge >= 0.3 is 0 Å². The maximum Gasteiger partial charge on any atom is 0.273 e. The number of amides is 1. The molecule has 1 amide bonds. The molecule has 0 aliphatic carbocycles. The van der Waals surface area contributed by atoms with E-state index in [0.29, 0.717) is 24.5 Å². The van der Waals surface area contributed by atoms with Crippen LogP contribution in [0.2, 0.25) is 0 Å². The highest BCUT2D eigenvalue weighted by Gasteiger charge is 2.24. The summed E-state index contributed by atoms with van der Waals surface area (Å²) in [5.41, 5.74) is 4.87. The molecule has 0 saturated carbocycles. The van der Waals surface area contributed by atoms with Crippen molar-refractivity contribution in [3.8, 4) is 17.1 Å². The zero-order chi connectivity index (χ0) is 27.3. The van der Waals surface area contributed by atoms with Crippen LogP contribution in [0.1, 0.15) is 26.6 Å². The minimum atomic E-state index is 0.00815. The number of rotatable bonds is 8. The van der Waals surface area contributed by atoms with Gasteiger partial charge in [0.2, 0.25) is 0 Å². The highest BCUT2D eigenvalue weighted by molar-refractivity contribution is 7.98. The summed E-state index contributed by atoms with van der Waals surface area (Å²) < 4.78 is 2.08. The Balaban J connectivity index is 1.12. The van der Waals surface area contributed by atoms with Crippen LogP contribution in [0.4, 0.5) is 0 Å². The lowest BCUT2D eigenvalue weighted by molar-refractivity contribution is 0.0623. The van der Waals surface area contributed by atoms with E-state index in [4.69, 9.17) is 4.98 Å². The first-order valence-corrected chi connectivity index (χ1v) is 15.1. The molecule has 5 aromatic rings. The number of thiazole rings is 1. The van der Waals surface area contributed by atoms with Crippen molar-refractivity contribution in [3.05, 3.63) is 106 Å². The molecule has 0 radical (unpaired) electrons. The first-order valence-electron chi connectivity index (χ1n) is 13.2. The van der Waals surface area contributed by atoms with Gasteiger partial charge in [-0.25, -0.2) is 4.98 Å². The van der Waals surface area contributed by atoms with Gasteiger partial charge in [0, 0.05) is 56.1 Å². The number of benzene rings is 2. The van der Waals surface area contributed by atoms with E-state index < -0.39 is 0 Å². The molecule has 10 heteroatoms. The average Bonchev–Trinajstić information content (AvgIpc) is 3.65. The number of hydrogen-bond donors (Lipinski definition) is 0. The van der Waals surface area contributed by atoms with Crippen LogP contribution in [-0.2, 0) is 12.3 Å². The molecule has 4 heterocycles. The normalized spacial score (nSPS) is 14.0. The lowest BCUT2D eigenvalue weighted by Gasteiger charge is -2.34. The van der Waals surface area contributed by atoms with Crippen LogP contribution in [-0.4, -0.2) is 66.6 Å². The molecular formula is C30H29N7OS2. The smallest absolute Gasteiger partial charge is 0.273 e. The fourth-order valence-electron chi connectivity index (χ4n) is 4.79. The molecule has 0 spiro atoms. The van der Waals surface area contributed by atoms with Crippen molar-refractivity contribution >= 4 is 29.0 Å². The number of carbonyl (C=O) groups excluding carboxylic acids is 1. The van der Waals surface area contributed by atoms with Crippen molar-refractivity contribution < 1.29 is 4.79 Å². The summed E-state index contributed by atoms with van der Waals surface area (Å²) in [5, 5.41) is 12.6. The van der Waals surface area contributed by atoms with Gasteiger partial charge in [-0.15, -0.1) is 21.5 Å². The van der Waals surface area contributed by atoms with Crippen molar-refractivity contribution in [2.45, 2.75) is 24.4 Å². The predicted molar refractivity (Wildman–Crippen MR) is 159 cm³/mol. The second-order valence-corrected chi connectivity index (χ2v) is 11.5. The van der Waals surface area contributed by atoms with Gasteiger partial charge in [0.25, 0.3) is 5.91 Å². The Kier molecular flexibility index (Phi) is 7.99. The molecule has 1 saturated heterocycles. The molecule has 202 valence electrons. The number of aryl methyl sites for hydroxylation is 1. The summed E-state index contributed by atoms with van der Waals surface area (Å²) >= 11 is 3.08. The summed E-state index contributed by atoms with van der Waals surface area (Å²) in [5.74, 6) is 1.35. The maximum absolute atomic E-state index is 13.2. The quantitative estimate of drug-likeness (QED) is 0.234. The summed E-state index contributed by atoms with van der Waals surface area (Å²) in [6.07, 6.45) is 3.55. The molecule has 6 rings (SSSR count). The van der Waals surface area contributed by atoms with E-state index in [9.17, 15) is 4.79 Å². The molecule has 0 N–H and O–H groups in total. The molecule has 1 aliphatic heterocycles. The monoisotopic (exact) mass is 567 g/mol. The number of hydrogen-bond acceptors (Lipinski definition) is 8. The van der Waals surface area contributed by atoms with Crippen molar-refractivity contribution in [3.63, 3.8) is 0 Å². The Morgan fingerprint density at radius 3 is 2.52 bits per heavy atom. The minimum Gasteiger partial charge on any atom is -0.335 e. The molecule has 0 atom stereocenters. The van der Waals surface area contributed by atoms with E-state index >= 15 is 0 Å². The molecule has 40 heavy (non-hydrogen) atoms. The van der Waals surface area contributed by atoms with Gasteiger partial charge in [-0.3, -0.25) is 19.2 Å². The van der Waals surface area contributed by atoms with Crippen LogP contribution in [0, 0.1) is 6.92 Å². The highest BCUT2D eigenvalue weighted by Crippen LogP contribution is 2.31. The van der Waals surface area contributed by atoms with Crippen molar-refractivity contribution in [2.75, 3.05) is 26.2 Å². The predicted octanol–water partition coefficient (Wildman–Crippen LogP) is 5.34. The summed E-state index contributed by atoms with van der Waals surface area (Å²) in [7, 11) is 0. The second-order valence-electron chi connectivity index (χ2n) is 9.64. The molecule has 2 aromatic carbocycles. The Bertz CT molecular complexity index is 1580. The standard InChI is InChI=1S/C30H29N7OS2/c1-22-8-5-6-12-26(22)37-28(24-11-7-13-31-18-24)33-34-30(37)40-21-27-32-25(20-39-27)29(38)36-16-14-35(15-17-36)19-23-9-3-2-4-10-23/h2-13,18,20H,14-17,19,21H2,1H3. The van der Waals surface area contributed by atoms with Crippen molar-refractivity contribution in [2.24, 2.45) is 0 Å². The van der Waals surface area contributed by atoms with Crippen molar-refractivity contribution in [1.82, 2.24) is 34.5 Å². The third kappa shape index (κ3) is 5.84. The van der Waals surface area contributed by atoms with E-state index in [-0.39, 0.29) is 5.91 Å². The average molecular weight is 568 g/mol. The fraction of sp³-hybridized carbons (Fsp3) is 0.233. The van der Waals surface area contributed by atoms with E-state index in [1.165, 1.54) is 16.9 Å². The number of nitrogens with zero attached hydrogens (tertiary/aromatic N) is 7. The van der Waals surface area contributed by atoms with E-state index in [1.54, 1.807) is 24.2 Å². The number of aromatic nitrogens is 5. The second kappa shape index (κ2) is 12.1. The largest absolute Gasteiger partial charge is 0.335 e. The van der Waals surface area contributed by atoms with Gasteiger partial charge in [-0.05, 0) is 36.2 Å². The summed E-state index contributed by atoms with van der Waals surface area (Å²) in [4.78, 5) is 26.5. The number of piperazine rings is 1. The van der Waals surface area contributed by atoms with Gasteiger partial charge in [-0.2, -0.15) is 0 Å². The molecule has 3 aromatic heterocycles. The van der Waals surface area contributed by atoms with E-state index in [0.717, 1.165) is 52.4 Å². The third-order valence-electron chi connectivity index (χ3n) is 6.91. The van der Waals surface area contributed by atoms with Crippen LogP contribution in [0.5, 0.6) is 0 Å². The number of thioether (sulfide) groups is 1. The van der Waals surface area contributed by atoms with Crippen LogP contribution in [0.25, 0.3) is 17.1 Å². The van der Waals surface area contributed by atoms with Crippen LogP contribution >= 0.6 is 23.1 Å². The number of pyridine rings is 1. The lowest BCUT2D eigenvalue weighted by Crippen LogP contribution is -2.48. The maximum atomic E-state index is 13.2. The third-order valence-corrected chi connectivity index (χ3v) is 8.89. The first-order chi connectivity index (χ1) is 19.7. The summed E-state index contributed by atoms with van der Waals surface area (Å²) in [6.45, 7) is 6.14. The van der Waals surface area contributed by atoms with Crippen LogP contribution in [0.15, 0.2) is 89.7 Å². The molecule has 0 bridgehead atoms. The molecule has 1 fully saturated rings. The molecular weight excluding hydrogens is 539 g/mol. The van der Waals surface area contributed by atoms with Crippen molar-refractivity contribution in [1.29, 1.82) is 0 Å². The first kappa shape index (κ1) is 26.4. The molecule has 1 aliphatic rings. The molecule has 8 nitrogen and oxygen atoms in total. The zero-order valence-corrected chi connectivity index (χ0v) is 23.8. The Morgan fingerprint density at radius 1 is 0.950 bits per heavy atom. The SMILES string of the molecule is Cc1ccccc1-n1c(SCc2nc(C(=O)N3CCN(Cc4ccccc4)CC3)cs2)nnc1-c1cccnc1. The Labute approximate surface area is 241 Å². The topological polar surface area (TPSA) is 80.0 Å². The zero-order valence-electron chi connectivity index (χ0n) is 22.2. The highest BCUT2D eigenvalue weighted by atomic mass is 32.2. The number of para-hydroxylation sites is 1. The van der Waals surface area contributed by atoms with Gasteiger partial charge in [-0.1, -0.05) is 60.3 Å². The number of carbonyl (C=O) groups is 1. The summed E-state index contributed by atoms with van der Waals surface area (Å²) in [6, 6.07) is 22.6. The van der Waals surface area contributed by atoms with Crippen LogP contribution in [0.3, 0.4) is 0 Å². The Hall–Kier alpha value is -3.86. The van der Waals surface area contributed by atoms with E-state index in [2.05, 4.69) is 68.0 Å². The minimum absolute atomic E-state index is 0.00815. The van der Waals surface area contributed by atoms with Gasteiger partial charge in [0.1, 0.15) is 10.7 Å². The Morgan fingerprint density at radius 2 is 1.75 bits per heavy atom. The fourth-order valence-corrected chi connectivity index (χ4v) is 6.52.